The van der Waals surface area contributed by atoms with Crippen LogP contribution in [0, 0.1) is 32.1 Å². The van der Waals surface area contributed by atoms with Gasteiger partial charge in [0.15, 0.2) is 0 Å². The van der Waals surface area contributed by atoms with Crippen LogP contribution in [0.15, 0.2) is 30.3 Å². The number of aromatic carboxylic acids is 1. The number of nitrogens with zero attached hydrogens (tertiary/aromatic N) is 1. The minimum absolute atomic E-state index is 0.0658. The van der Waals surface area contributed by atoms with Crippen molar-refractivity contribution in [3.05, 3.63) is 58.1 Å². The number of benzene rings is 2. The summed E-state index contributed by atoms with van der Waals surface area (Å²) in [4.78, 5) is 10.9. The van der Waals surface area contributed by atoms with Gasteiger partial charge in [-0.3, -0.25) is 0 Å². The summed E-state index contributed by atoms with van der Waals surface area (Å²) < 4.78 is 5.81. The average molecular weight is 281 g/mol. The van der Waals surface area contributed by atoms with Gasteiger partial charge in [0.25, 0.3) is 0 Å². The fourth-order valence-electron chi connectivity index (χ4n) is 2.06. The number of hydrogen-bond acceptors (Lipinski definition) is 3. The third kappa shape index (κ3) is 3.03. The molecular formula is C17H15NO3. The zero-order valence-corrected chi connectivity index (χ0v) is 12.1. The summed E-state index contributed by atoms with van der Waals surface area (Å²) in [5, 5.41) is 18.1. The molecule has 1 N–H and O–H groups in total. The standard InChI is InChI=1S/C17H15NO3/c1-10-6-11(2)12(3)16(7-10)21-15-5-4-13(17(19)20)8-14(15)9-18/h4-8H,1-3H3,(H,19,20). The Labute approximate surface area is 123 Å². The summed E-state index contributed by atoms with van der Waals surface area (Å²) in [7, 11) is 0. The predicted octanol–water partition coefficient (Wildman–Crippen LogP) is 3.97. The van der Waals surface area contributed by atoms with Gasteiger partial charge in [-0.15, -0.1) is 0 Å². The number of nitriles is 1. The van der Waals surface area contributed by atoms with Crippen molar-refractivity contribution in [3.8, 4) is 17.6 Å². The van der Waals surface area contributed by atoms with Crippen LogP contribution in [-0.2, 0) is 0 Å². The highest BCUT2D eigenvalue weighted by molar-refractivity contribution is 5.88. The van der Waals surface area contributed by atoms with Crippen LogP contribution < -0.4 is 4.74 Å². The second-order valence-electron chi connectivity index (χ2n) is 4.93. The molecule has 4 nitrogen and oxygen atoms in total. The number of carbonyl (C=O) groups is 1. The first kappa shape index (κ1) is 14.6. The molecule has 0 saturated carbocycles. The lowest BCUT2D eigenvalue weighted by Crippen LogP contribution is -1.99. The molecule has 0 saturated heterocycles. The summed E-state index contributed by atoms with van der Waals surface area (Å²) in [6.07, 6.45) is 0. The zero-order chi connectivity index (χ0) is 15.6. The summed E-state index contributed by atoms with van der Waals surface area (Å²) in [6, 6.07) is 10.2. The minimum atomic E-state index is -1.07. The van der Waals surface area contributed by atoms with Crippen LogP contribution in [0.5, 0.6) is 11.5 Å². The normalized spacial score (nSPS) is 10.0. The number of ether oxygens (including phenoxy) is 1. The first-order valence-electron chi connectivity index (χ1n) is 6.45. The molecule has 0 fully saturated rings. The molecule has 21 heavy (non-hydrogen) atoms. The van der Waals surface area contributed by atoms with Crippen molar-refractivity contribution in [3.63, 3.8) is 0 Å². The van der Waals surface area contributed by atoms with E-state index in [1.165, 1.54) is 18.2 Å². The second kappa shape index (κ2) is 5.68. The molecule has 0 aliphatic rings. The Kier molecular flexibility index (Phi) is 3.95. The molecule has 4 heteroatoms. The molecule has 0 radical (unpaired) electrons. The Hall–Kier alpha value is -2.80. The molecule has 0 aliphatic heterocycles. The van der Waals surface area contributed by atoms with Gasteiger partial charge in [0.1, 0.15) is 17.6 Å². The van der Waals surface area contributed by atoms with Crippen molar-refractivity contribution in [2.45, 2.75) is 20.8 Å². The van der Waals surface area contributed by atoms with Gasteiger partial charge >= 0.3 is 5.97 Å². The quantitative estimate of drug-likeness (QED) is 0.924. The van der Waals surface area contributed by atoms with Crippen molar-refractivity contribution in [1.82, 2.24) is 0 Å². The second-order valence-corrected chi connectivity index (χ2v) is 4.93. The topological polar surface area (TPSA) is 70.3 Å². The molecule has 2 aromatic carbocycles. The van der Waals surface area contributed by atoms with Crippen molar-refractivity contribution >= 4 is 5.97 Å². The van der Waals surface area contributed by atoms with E-state index in [-0.39, 0.29) is 11.1 Å². The molecule has 0 bridgehead atoms. The van der Waals surface area contributed by atoms with E-state index in [1.807, 2.05) is 32.9 Å². The Balaban J connectivity index is 2.45. The van der Waals surface area contributed by atoms with E-state index < -0.39 is 5.97 Å². The Bertz CT molecular complexity index is 757. The molecule has 2 aromatic rings. The predicted molar refractivity (Wildman–Crippen MR) is 78.8 cm³/mol. The fraction of sp³-hybridized carbons (Fsp3) is 0.176. The maximum atomic E-state index is 10.9. The van der Waals surface area contributed by atoms with Gasteiger partial charge in [-0.05, 0) is 61.7 Å². The zero-order valence-electron chi connectivity index (χ0n) is 12.1. The Morgan fingerprint density at radius 1 is 1.14 bits per heavy atom. The molecule has 0 atom stereocenters. The molecule has 0 aromatic heterocycles. The SMILES string of the molecule is Cc1cc(C)c(C)c(Oc2ccc(C(=O)O)cc2C#N)c1. The van der Waals surface area contributed by atoms with Gasteiger partial charge in [0, 0.05) is 0 Å². The van der Waals surface area contributed by atoms with E-state index in [2.05, 4.69) is 6.07 Å². The van der Waals surface area contributed by atoms with E-state index in [9.17, 15) is 4.79 Å². The highest BCUT2D eigenvalue weighted by Crippen LogP contribution is 2.30. The van der Waals surface area contributed by atoms with Crippen molar-refractivity contribution in [2.24, 2.45) is 0 Å². The van der Waals surface area contributed by atoms with Crippen LogP contribution in [-0.4, -0.2) is 11.1 Å². The van der Waals surface area contributed by atoms with Crippen LogP contribution >= 0.6 is 0 Å². The number of carboxylic acids is 1. The lowest BCUT2D eigenvalue weighted by Gasteiger charge is -2.13. The van der Waals surface area contributed by atoms with Gasteiger partial charge in [-0.25, -0.2) is 4.79 Å². The summed E-state index contributed by atoms with van der Waals surface area (Å²) >= 11 is 0. The number of aryl methyl sites for hydroxylation is 2. The lowest BCUT2D eigenvalue weighted by atomic mass is 10.1. The average Bonchev–Trinajstić information content (AvgIpc) is 2.44. The minimum Gasteiger partial charge on any atom is -0.478 e. The molecule has 106 valence electrons. The van der Waals surface area contributed by atoms with E-state index in [4.69, 9.17) is 15.1 Å². The summed E-state index contributed by atoms with van der Waals surface area (Å²) in [5.74, 6) is -0.0386. The van der Waals surface area contributed by atoms with E-state index in [1.54, 1.807) is 0 Å². The van der Waals surface area contributed by atoms with E-state index in [0.717, 1.165) is 16.7 Å². The highest BCUT2D eigenvalue weighted by atomic mass is 16.5. The summed E-state index contributed by atoms with van der Waals surface area (Å²) in [6.45, 7) is 5.91. The molecule has 0 spiro atoms. The molecule has 0 unspecified atom stereocenters. The van der Waals surface area contributed by atoms with Crippen LogP contribution in [0.3, 0.4) is 0 Å². The van der Waals surface area contributed by atoms with Crippen LogP contribution in [0.2, 0.25) is 0 Å². The van der Waals surface area contributed by atoms with Crippen molar-refractivity contribution in [1.29, 1.82) is 5.26 Å². The third-order valence-electron chi connectivity index (χ3n) is 3.33. The molecule has 0 amide bonds. The molecular weight excluding hydrogens is 266 g/mol. The largest absolute Gasteiger partial charge is 0.478 e. The van der Waals surface area contributed by atoms with Gasteiger partial charge in [0.05, 0.1) is 11.1 Å². The molecule has 0 heterocycles. The smallest absolute Gasteiger partial charge is 0.335 e. The van der Waals surface area contributed by atoms with Gasteiger partial charge < -0.3 is 9.84 Å². The van der Waals surface area contributed by atoms with Crippen molar-refractivity contribution in [2.75, 3.05) is 0 Å². The van der Waals surface area contributed by atoms with E-state index in [0.29, 0.717) is 11.5 Å². The monoisotopic (exact) mass is 281 g/mol. The van der Waals surface area contributed by atoms with Gasteiger partial charge in [-0.2, -0.15) is 5.26 Å². The third-order valence-corrected chi connectivity index (χ3v) is 3.33. The first-order valence-corrected chi connectivity index (χ1v) is 6.45. The van der Waals surface area contributed by atoms with Gasteiger partial charge in [-0.1, -0.05) is 6.07 Å². The van der Waals surface area contributed by atoms with Crippen LogP contribution in [0.1, 0.15) is 32.6 Å². The molecule has 0 aliphatic carbocycles. The number of rotatable bonds is 3. The Morgan fingerprint density at radius 3 is 2.48 bits per heavy atom. The maximum Gasteiger partial charge on any atom is 0.335 e. The fourth-order valence-corrected chi connectivity index (χ4v) is 2.06. The number of hydrogen-bond donors (Lipinski definition) is 1. The molecule has 2 rings (SSSR count). The van der Waals surface area contributed by atoms with Gasteiger partial charge in [0.2, 0.25) is 0 Å². The Morgan fingerprint density at radius 2 is 1.86 bits per heavy atom. The van der Waals surface area contributed by atoms with Crippen LogP contribution in [0.25, 0.3) is 0 Å². The lowest BCUT2D eigenvalue weighted by molar-refractivity contribution is 0.0697. The van der Waals surface area contributed by atoms with Crippen molar-refractivity contribution < 1.29 is 14.6 Å². The summed E-state index contributed by atoms with van der Waals surface area (Å²) in [5.41, 5.74) is 3.43. The van der Waals surface area contributed by atoms with E-state index >= 15 is 0 Å². The number of carboxylic acid groups (broad SMARTS) is 1. The maximum absolute atomic E-state index is 10.9. The highest BCUT2D eigenvalue weighted by Gasteiger charge is 2.12. The van der Waals surface area contributed by atoms with Crippen LogP contribution in [0.4, 0.5) is 0 Å². The first-order chi connectivity index (χ1) is 9.92.